The van der Waals surface area contributed by atoms with E-state index in [1.165, 1.54) is 0 Å². The number of pyridine rings is 3. The van der Waals surface area contributed by atoms with Crippen molar-refractivity contribution in [3.05, 3.63) is 278 Å². The van der Waals surface area contributed by atoms with Gasteiger partial charge in [0, 0.05) is 38.4 Å². The lowest BCUT2D eigenvalue weighted by Gasteiger charge is -2.18. The van der Waals surface area contributed by atoms with Crippen molar-refractivity contribution in [2.24, 2.45) is 0 Å². The van der Waals surface area contributed by atoms with E-state index in [1.807, 2.05) is 84.9 Å². The molecule has 0 saturated heterocycles. The van der Waals surface area contributed by atoms with Gasteiger partial charge in [-0.25, -0.2) is 24.8 Å². The van der Waals surface area contributed by atoms with Crippen LogP contribution >= 0.6 is 0 Å². The summed E-state index contributed by atoms with van der Waals surface area (Å²) >= 11 is 0. The minimum atomic E-state index is 0.481. The quantitative estimate of drug-likeness (QED) is 0.106. The van der Waals surface area contributed by atoms with Gasteiger partial charge in [0.25, 0.3) is 0 Å². The fourth-order valence-electron chi connectivity index (χ4n) is 10.9. The van der Waals surface area contributed by atoms with Gasteiger partial charge in [-0.15, -0.1) is 0 Å². The molecule has 0 amide bonds. The molecule has 0 aliphatic heterocycles. The summed E-state index contributed by atoms with van der Waals surface area (Å²) in [6, 6.07) is 91.9. The van der Waals surface area contributed by atoms with Gasteiger partial charge in [-0.1, -0.05) is 237 Å². The molecular weight excluding hydrogens is 949 g/mol. The van der Waals surface area contributed by atoms with E-state index >= 15 is 0 Å². The van der Waals surface area contributed by atoms with E-state index in [0.29, 0.717) is 17.2 Å². The second kappa shape index (κ2) is 19.5. The smallest absolute Gasteiger partial charge is 0.221 e. The average Bonchev–Trinajstić information content (AvgIpc) is 3.65. The fourth-order valence-corrected chi connectivity index (χ4v) is 10.9. The largest absolute Gasteiger partial charge is 0.257 e. The van der Waals surface area contributed by atoms with Crippen molar-refractivity contribution < 1.29 is 0 Å². The number of rotatable bonds is 9. The monoisotopic (exact) mass is 992 g/mol. The number of benzene rings is 10. The zero-order chi connectivity index (χ0) is 51.9. The summed E-state index contributed by atoms with van der Waals surface area (Å²) in [5, 5.41) is 3.74. The molecule has 78 heavy (non-hydrogen) atoms. The summed E-state index contributed by atoms with van der Waals surface area (Å²) in [6.45, 7) is 8.86. The Morgan fingerprint density at radius 2 is 0.641 bits per heavy atom. The highest BCUT2D eigenvalue weighted by Gasteiger charge is 2.23. The molecule has 0 radical (unpaired) electrons. The van der Waals surface area contributed by atoms with Crippen LogP contribution in [0.15, 0.2) is 267 Å². The first-order chi connectivity index (χ1) is 38.6. The van der Waals surface area contributed by atoms with Crippen LogP contribution in [0.1, 0.15) is 0 Å². The van der Waals surface area contributed by atoms with Crippen LogP contribution in [0, 0.1) is 6.57 Å². The highest BCUT2D eigenvalue weighted by molar-refractivity contribution is 6.17. The van der Waals surface area contributed by atoms with Crippen LogP contribution in [0.5, 0.6) is 0 Å². The molecule has 0 bridgehead atoms. The molecule has 4 aromatic heterocycles. The number of aromatic nitrogens is 5. The van der Waals surface area contributed by atoms with Gasteiger partial charge in [0.1, 0.15) is 5.52 Å². The Balaban J connectivity index is 0.971. The maximum atomic E-state index is 8.86. The molecule has 0 atom stereocenters. The normalized spacial score (nSPS) is 11.3. The molecule has 14 rings (SSSR count). The first kappa shape index (κ1) is 45.8. The maximum absolute atomic E-state index is 8.86. The summed E-state index contributed by atoms with van der Waals surface area (Å²) < 4.78 is 0. The van der Waals surface area contributed by atoms with Crippen LogP contribution in [0.2, 0.25) is 0 Å². The predicted octanol–water partition coefficient (Wildman–Crippen LogP) is 18.8. The van der Waals surface area contributed by atoms with Gasteiger partial charge in [0.05, 0.1) is 45.9 Å². The standard InChI is InChI=1S/C72H44N6/c1-73-71-64(58-40-38-56-60(46-22-8-2-9-23-46)44-62(48-26-12-4-13-27-48)74-67(56)69(58)76-66(71)50-30-16-6-17-31-50)54-36-20-34-52(42-54)53-35-21-37-55(43-53)65-59-41-39-57-61(47-24-10-3-11-25-47)45-63(49-28-14-5-15-29-49)75-68(57)70(59)78-72(77-65)51-32-18-7-19-33-51/h2-45H. The Labute approximate surface area is 451 Å². The van der Waals surface area contributed by atoms with E-state index in [9.17, 15) is 0 Å². The Bertz CT molecular complexity index is 4640. The minimum absolute atomic E-state index is 0.481. The first-order valence-electron chi connectivity index (χ1n) is 26.0. The van der Waals surface area contributed by atoms with Crippen molar-refractivity contribution in [2.75, 3.05) is 0 Å². The van der Waals surface area contributed by atoms with E-state index in [2.05, 4.69) is 187 Å². The van der Waals surface area contributed by atoms with Crippen molar-refractivity contribution in [1.29, 1.82) is 0 Å². The van der Waals surface area contributed by atoms with Gasteiger partial charge in [0.2, 0.25) is 5.69 Å². The summed E-state index contributed by atoms with van der Waals surface area (Å²) in [6.07, 6.45) is 0. The van der Waals surface area contributed by atoms with E-state index in [-0.39, 0.29) is 0 Å². The average molecular weight is 993 g/mol. The van der Waals surface area contributed by atoms with Crippen molar-refractivity contribution >= 4 is 49.3 Å². The van der Waals surface area contributed by atoms with Gasteiger partial charge in [-0.2, -0.15) is 0 Å². The highest BCUT2D eigenvalue weighted by Crippen LogP contribution is 2.47. The second-order valence-electron chi connectivity index (χ2n) is 19.4. The molecule has 6 heteroatoms. The van der Waals surface area contributed by atoms with Gasteiger partial charge in [0.15, 0.2) is 5.82 Å². The third-order valence-corrected chi connectivity index (χ3v) is 14.7. The van der Waals surface area contributed by atoms with Gasteiger partial charge in [-0.3, -0.25) is 4.98 Å². The second-order valence-corrected chi connectivity index (χ2v) is 19.4. The molecule has 0 saturated carbocycles. The van der Waals surface area contributed by atoms with Crippen molar-refractivity contribution in [2.45, 2.75) is 0 Å². The molecule has 6 nitrogen and oxygen atoms in total. The molecule has 0 spiro atoms. The van der Waals surface area contributed by atoms with Crippen LogP contribution < -0.4 is 0 Å². The Morgan fingerprint density at radius 1 is 0.256 bits per heavy atom. The Morgan fingerprint density at radius 3 is 1.15 bits per heavy atom. The molecule has 362 valence electrons. The van der Waals surface area contributed by atoms with Crippen molar-refractivity contribution in [3.63, 3.8) is 0 Å². The van der Waals surface area contributed by atoms with E-state index < -0.39 is 0 Å². The van der Waals surface area contributed by atoms with Gasteiger partial charge >= 0.3 is 0 Å². The summed E-state index contributed by atoms with van der Waals surface area (Å²) in [4.78, 5) is 31.4. The van der Waals surface area contributed by atoms with Gasteiger partial charge < -0.3 is 0 Å². The van der Waals surface area contributed by atoms with Gasteiger partial charge in [-0.05, 0) is 85.8 Å². The Kier molecular flexibility index (Phi) is 11.5. The zero-order valence-corrected chi connectivity index (χ0v) is 42.1. The molecule has 10 aromatic carbocycles. The molecule has 4 heterocycles. The molecule has 0 unspecified atom stereocenters. The summed E-state index contributed by atoms with van der Waals surface area (Å²) in [5.41, 5.74) is 19.5. The third kappa shape index (κ3) is 8.20. The van der Waals surface area contributed by atoms with Crippen molar-refractivity contribution in [1.82, 2.24) is 24.9 Å². The van der Waals surface area contributed by atoms with E-state index in [0.717, 1.165) is 133 Å². The lowest BCUT2D eigenvalue weighted by atomic mass is 9.91. The Hall–Kier alpha value is -10.7. The number of nitrogens with zero attached hydrogens (tertiary/aromatic N) is 6. The van der Waals surface area contributed by atoms with E-state index in [1.54, 1.807) is 0 Å². The first-order valence-corrected chi connectivity index (χ1v) is 26.0. The number of hydrogen-bond donors (Lipinski definition) is 0. The topological polar surface area (TPSA) is 68.8 Å². The molecular formula is C72H44N6. The summed E-state index contributed by atoms with van der Waals surface area (Å²) in [7, 11) is 0. The highest BCUT2D eigenvalue weighted by atomic mass is 14.9. The van der Waals surface area contributed by atoms with Crippen LogP contribution in [0.4, 0.5) is 5.69 Å². The van der Waals surface area contributed by atoms with Crippen LogP contribution in [0.3, 0.4) is 0 Å². The molecule has 14 aromatic rings. The molecule has 0 fully saturated rings. The molecule has 0 aliphatic rings. The minimum Gasteiger partial charge on any atom is -0.257 e. The lowest BCUT2D eigenvalue weighted by molar-refractivity contribution is 1.23. The summed E-state index contributed by atoms with van der Waals surface area (Å²) in [5.74, 6) is 0.616. The molecule has 0 aliphatic carbocycles. The van der Waals surface area contributed by atoms with Crippen LogP contribution in [0.25, 0.3) is 149 Å². The SMILES string of the molecule is [C-]#[N+]c1c(-c2ccccc2)nc2c(ccc3c(-c4ccccc4)cc(-c4ccccc4)nc32)c1-c1cccc(-c2cccc(-c3nc(-c4ccccc4)nc4c3ccc3c(-c5ccccc5)cc(-c5ccccc5)nc34)c2)c1. The predicted molar refractivity (Wildman–Crippen MR) is 321 cm³/mol. The molecule has 0 N–H and O–H groups in total. The fraction of sp³-hybridized carbons (Fsp3) is 0. The van der Waals surface area contributed by atoms with Crippen molar-refractivity contribution in [3.8, 4) is 101 Å². The third-order valence-electron chi connectivity index (χ3n) is 14.7. The van der Waals surface area contributed by atoms with E-state index in [4.69, 9.17) is 31.5 Å². The lowest BCUT2D eigenvalue weighted by Crippen LogP contribution is -1.98. The maximum Gasteiger partial charge on any atom is 0.221 e. The van der Waals surface area contributed by atoms with Crippen LogP contribution in [-0.4, -0.2) is 24.9 Å². The number of fused-ring (bicyclic) bond motifs is 6. The zero-order valence-electron chi connectivity index (χ0n) is 42.1. The number of hydrogen-bond acceptors (Lipinski definition) is 5. The van der Waals surface area contributed by atoms with Crippen LogP contribution in [-0.2, 0) is 0 Å².